The summed E-state index contributed by atoms with van der Waals surface area (Å²) in [4.78, 5) is 11.0. The summed E-state index contributed by atoms with van der Waals surface area (Å²) in [6.07, 6.45) is 1.96. The molecule has 1 N–H and O–H groups in total. The molecule has 0 amide bonds. The molecule has 1 saturated carbocycles. The number of rotatable bonds is 1. The summed E-state index contributed by atoms with van der Waals surface area (Å²) < 4.78 is 1.42. The maximum Gasteiger partial charge on any atom is 0.344 e. The van der Waals surface area contributed by atoms with Gasteiger partial charge in [-0.25, -0.2) is 9.89 Å². The van der Waals surface area contributed by atoms with Crippen LogP contribution in [0.25, 0.3) is 0 Å². The lowest BCUT2D eigenvalue weighted by atomic mass is 10.6. The van der Waals surface area contributed by atoms with Crippen LogP contribution >= 0.6 is 0 Å². The van der Waals surface area contributed by atoms with Gasteiger partial charge in [0, 0.05) is 6.04 Å². The molecule has 1 aliphatic carbocycles. The Labute approximate surface area is 62.3 Å². The Balaban J connectivity index is 2.57. The minimum absolute atomic E-state index is 0.192. The van der Waals surface area contributed by atoms with Gasteiger partial charge in [0.05, 0.1) is 0 Å². The maximum absolute atomic E-state index is 11.0. The molecule has 0 aromatic carbocycles. The van der Waals surface area contributed by atoms with Gasteiger partial charge >= 0.3 is 5.69 Å². The van der Waals surface area contributed by atoms with Crippen molar-refractivity contribution in [2.45, 2.75) is 18.9 Å². The zero-order chi connectivity index (χ0) is 7.84. The van der Waals surface area contributed by atoms with Gasteiger partial charge in [-0.2, -0.15) is 5.26 Å². The molecule has 11 heavy (non-hydrogen) atoms. The van der Waals surface area contributed by atoms with E-state index in [2.05, 4.69) is 10.2 Å². The van der Waals surface area contributed by atoms with E-state index in [0.29, 0.717) is 0 Å². The zero-order valence-corrected chi connectivity index (χ0v) is 5.74. The van der Waals surface area contributed by atoms with Gasteiger partial charge < -0.3 is 0 Å². The van der Waals surface area contributed by atoms with Gasteiger partial charge in [0.2, 0.25) is 5.82 Å². The quantitative estimate of drug-likeness (QED) is 0.601. The molecule has 5 nitrogen and oxygen atoms in total. The number of nitriles is 1. The Morgan fingerprint density at radius 3 is 3.00 bits per heavy atom. The lowest BCUT2D eigenvalue weighted by Crippen LogP contribution is -2.16. The van der Waals surface area contributed by atoms with E-state index in [1.54, 1.807) is 0 Å². The molecule has 1 aromatic rings. The van der Waals surface area contributed by atoms with Gasteiger partial charge in [-0.3, -0.25) is 4.57 Å². The van der Waals surface area contributed by atoms with Crippen LogP contribution in [0.15, 0.2) is 4.79 Å². The number of nitrogens with one attached hydrogen (secondary N) is 1. The molecule has 0 radical (unpaired) electrons. The van der Waals surface area contributed by atoms with Crippen molar-refractivity contribution in [1.82, 2.24) is 14.8 Å². The molecule has 0 spiro atoms. The highest BCUT2D eigenvalue weighted by atomic mass is 16.1. The summed E-state index contributed by atoms with van der Waals surface area (Å²) in [5.41, 5.74) is -0.274. The van der Waals surface area contributed by atoms with Crippen molar-refractivity contribution in [3.05, 3.63) is 16.3 Å². The van der Waals surface area contributed by atoms with E-state index in [-0.39, 0.29) is 17.6 Å². The highest BCUT2D eigenvalue weighted by Crippen LogP contribution is 2.33. The van der Waals surface area contributed by atoms with Gasteiger partial charge in [-0.05, 0) is 12.8 Å². The second-order valence-electron chi connectivity index (χ2n) is 2.57. The van der Waals surface area contributed by atoms with Crippen LogP contribution in [0.5, 0.6) is 0 Å². The minimum atomic E-state index is -0.274. The van der Waals surface area contributed by atoms with Crippen molar-refractivity contribution < 1.29 is 0 Å². The average Bonchev–Trinajstić information content (AvgIpc) is 2.76. The van der Waals surface area contributed by atoms with E-state index in [1.807, 2.05) is 6.07 Å². The summed E-state index contributed by atoms with van der Waals surface area (Å²) >= 11 is 0. The number of hydrogen-bond donors (Lipinski definition) is 1. The van der Waals surface area contributed by atoms with E-state index in [1.165, 1.54) is 4.57 Å². The van der Waals surface area contributed by atoms with Gasteiger partial charge in [0.25, 0.3) is 0 Å². The third kappa shape index (κ3) is 0.835. The Morgan fingerprint density at radius 2 is 2.45 bits per heavy atom. The molecule has 0 bridgehead atoms. The van der Waals surface area contributed by atoms with E-state index >= 15 is 0 Å². The molecule has 1 aliphatic rings. The first-order chi connectivity index (χ1) is 5.33. The van der Waals surface area contributed by atoms with E-state index in [0.717, 1.165) is 12.8 Å². The van der Waals surface area contributed by atoms with E-state index in [9.17, 15) is 4.79 Å². The molecule has 56 valence electrons. The lowest BCUT2D eigenvalue weighted by Gasteiger charge is -1.93. The monoisotopic (exact) mass is 150 g/mol. The molecule has 1 heterocycles. The predicted octanol–water partition coefficient (Wildman–Crippen LogP) is -0.222. The predicted molar refractivity (Wildman–Crippen MR) is 35.8 cm³/mol. The zero-order valence-electron chi connectivity index (χ0n) is 5.74. The van der Waals surface area contributed by atoms with Crippen molar-refractivity contribution in [1.29, 1.82) is 5.26 Å². The van der Waals surface area contributed by atoms with Gasteiger partial charge in [0.15, 0.2) is 0 Å². The molecule has 5 heteroatoms. The normalized spacial score (nSPS) is 16.3. The molecule has 2 rings (SSSR count). The standard InChI is InChI=1S/C6H6N4O/c7-3-5-8-9-6(11)10(5)4-1-2-4/h4H,1-2H2,(H,9,11). The van der Waals surface area contributed by atoms with Crippen molar-refractivity contribution in [2.75, 3.05) is 0 Å². The van der Waals surface area contributed by atoms with Crippen molar-refractivity contribution >= 4 is 0 Å². The molecule has 0 unspecified atom stereocenters. The molecular formula is C6H6N4O. The molecule has 1 aromatic heterocycles. The van der Waals surface area contributed by atoms with Crippen LogP contribution in [0.1, 0.15) is 24.7 Å². The highest BCUT2D eigenvalue weighted by Gasteiger charge is 2.28. The molecule has 1 fully saturated rings. The summed E-state index contributed by atoms with van der Waals surface area (Å²) in [5.74, 6) is 0.192. The first-order valence-electron chi connectivity index (χ1n) is 3.40. The summed E-state index contributed by atoms with van der Waals surface area (Å²) in [6.45, 7) is 0. The topological polar surface area (TPSA) is 74.5 Å². The SMILES string of the molecule is N#Cc1n[nH]c(=O)n1C1CC1. The van der Waals surface area contributed by atoms with Crippen molar-refractivity contribution in [3.8, 4) is 6.07 Å². The number of aromatic nitrogens is 3. The summed E-state index contributed by atoms with van der Waals surface area (Å²) in [5, 5.41) is 14.3. The van der Waals surface area contributed by atoms with Gasteiger partial charge in [0.1, 0.15) is 6.07 Å². The van der Waals surface area contributed by atoms with Crippen LogP contribution in [0, 0.1) is 11.3 Å². The average molecular weight is 150 g/mol. The lowest BCUT2D eigenvalue weighted by molar-refractivity contribution is 0.699. The van der Waals surface area contributed by atoms with Crippen LogP contribution in [0.2, 0.25) is 0 Å². The number of nitrogens with zero attached hydrogens (tertiary/aromatic N) is 3. The Hall–Kier alpha value is -1.57. The third-order valence-electron chi connectivity index (χ3n) is 1.72. The van der Waals surface area contributed by atoms with Gasteiger partial charge in [-0.15, -0.1) is 5.10 Å². The Bertz CT molecular complexity index is 365. The highest BCUT2D eigenvalue weighted by molar-refractivity contribution is 5.11. The fourth-order valence-electron chi connectivity index (χ4n) is 1.06. The minimum Gasteiger partial charge on any atom is -0.264 e. The summed E-state index contributed by atoms with van der Waals surface area (Å²) in [6, 6.07) is 2.08. The molecule has 0 saturated heterocycles. The van der Waals surface area contributed by atoms with Crippen molar-refractivity contribution in [3.63, 3.8) is 0 Å². The van der Waals surface area contributed by atoms with Crippen LogP contribution in [-0.4, -0.2) is 14.8 Å². The number of H-pyrrole nitrogens is 1. The van der Waals surface area contributed by atoms with Crippen LogP contribution in [-0.2, 0) is 0 Å². The molecular weight excluding hydrogens is 144 g/mol. The van der Waals surface area contributed by atoms with E-state index < -0.39 is 0 Å². The fourth-order valence-corrected chi connectivity index (χ4v) is 1.06. The van der Waals surface area contributed by atoms with Crippen molar-refractivity contribution in [2.24, 2.45) is 0 Å². The third-order valence-corrected chi connectivity index (χ3v) is 1.72. The largest absolute Gasteiger partial charge is 0.344 e. The number of hydrogen-bond acceptors (Lipinski definition) is 3. The van der Waals surface area contributed by atoms with Gasteiger partial charge in [-0.1, -0.05) is 0 Å². The second kappa shape index (κ2) is 1.95. The molecule has 0 atom stereocenters. The fraction of sp³-hybridized carbons (Fsp3) is 0.500. The van der Waals surface area contributed by atoms with Crippen LogP contribution < -0.4 is 5.69 Å². The first-order valence-corrected chi connectivity index (χ1v) is 3.40. The number of aromatic amines is 1. The Kier molecular flexibility index (Phi) is 1.09. The second-order valence-corrected chi connectivity index (χ2v) is 2.57. The Morgan fingerprint density at radius 1 is 1.73 bits per heavy atom. The van der Waals surface area contributed by atoms with Crippen LogP contribution in [0.4, 0.5) is 0 Å². The first kappa shape index (κ1) is 6.16. The summed E-state index contributed by atoms with van der Waals surface area (Å²) in [7, 11) is 0. The smallest absolute Gasteiger partial charge is 0.264 e. The van der Waals surface area contributed by atoms with E-state index in [4.69, 9.17) is 5.26 Å². The maximum atomic E-state index is 11.0. The molecule has 0 aliphatic heterocycles. The van der Waals surface area contributed by atoms with Crippen LogP contribution in [0.3, 0.4) is 0 Å².